The van der Waals surface area contributed by atoms with Crippen molar-refractivity contribution in [2.45, 2.75) is 25.7 Å². The molecular weight excluding hydrogens is 172 g/mol. The van der Waals surface area contributed by atoms with Crippen LogP contribution in [0.2, 0.25) is 0 Å². The van der Waals surface area contributed by atoms with E-state index in [4.69, 9.17) is 10.2 Å². The van der Waals surface area contributed by atoms with Gasteiger partial charge in [-0.1, -0.05) is 0 Å². The maximum Gasteiger partial charge on any atom is 0.110 e. The molecule has 0 aliphatic heterocycles. The Morgan fingerprint density at radius 3 is 2.69 bits per heavy atom. The molecule has 0 radical (unpaired) electrons. The van der Waals surface area contributed by atoms with Gasteiger partial charge in [-0.15, -0.1) is 0 Å². The first-order chi connectivity index (χ1) is 6.19. The topological polar surface area (TPSA) is 78.5 Å². The van der Waals surface area contributed by atoms with Gasteiger partial charge in [0.05, 0.1) is 12.8 Å². The molecular formula is C8H14N2O3. The molecule has 0 aliphatic rings. The summed E-state index contributed by atoms with van der Waals surface area (Å²) in [6.07, 6.45) is 0.913. The molecule has 74 valence electrons. The molecule has 5 nitrogen and oxygen atoms in total. The number of rotatable bonds is 4. The third-order valence-corrected chi connectivity index (χ3v) is 1.87. The van der Waals surface area contributed by atoms with E-state index in [-0.39, 0.29) is 0 Å². The molecule has 0 amide bonds. The van der Waals surface area contributed by atoms with Gasteiger partial charge in [0.25, 0.3) is 0 Å². The zero-order valence-corrected chi connectivity index (χ0v) is 7.46. The van der Waals surface area contributed by atoms with E-state index >= 15 is 0 Å². The van der Waals surface area contributed by atoms with Gasteiger partial charge >= 0.3 is 0 Å². The predicted octanol–water partition coefficient (Wildman–Crippen LogP) is -0.710. The lowest BCUT2D eigenvalue weighted by molar-refractivity contribution is -0.0153. The van der Waals surface area contributed by atoms with E-state index in [0.717, 1.165) is 0 Å². The fourth-order valence-corrected chi connectivity index (χ4v) is 1.03. The average molecular weight is 186 g/mol. The Hall–Kier alpha value is -0.910. The highest BCUT2D eigenvalue weighted by Crippen LogP contribution is 2.15. The second-order valence-corrected chi connectivity index (χ2v) is 2.82. The van der Waals surface area contributed by atoms with Crippen LogP contribution in [0.25, 0.3) is 0 Å². The molecule has 13 heavy (non-hydrogen) atoms. The van der Waals surface area contributed by atoms with Gasteiger partial charge < -0.3 is 15.3 Å². The first-order valence-electron chi connectivity index (χ1n) is 4.18. The van der Waals surface area contributed by atoms with Gasteiger partial charge in [0.15, 0.2) is 0 Å². The molecule has 0 aliphatic carbocycles. The number of aromatic nitrogens is 2. The van der Waals surface area contributed by atoms with E-state index in [0.29, 0.717) is 12.1 Å². The molecule has 1 rings (SSSR count). The van der Waals surface area contributed by atoms with Crippen LogP contribution in [0, 0.1) is 0 Å². The Balaban J connectivity index is 2.70. The summed E-state index contributed by atoms with van der Waals surface area (Å²) in [4.78, 5) is 0. The minimum absolute atomic E-state index is 0.460. The lowest BCUT2D eigenvalue weighted by atomic mass is 10.1. The maximum absolute atomic E-state index is 9.43. The van der Waals surface area contributed by atoms with Crippen molar-refractivity contribution in [3.05, 3.63) is 18.0 Å². The lowest BCUT2D eigenvalue weighted by Gasteiger charge is -2.12. The highest BCUT2D eigenvalue weighted by Gasteiger charge is 2.18. The van der Waals surface area contributed by atoms with Crippen molar-refractivity contribution in [1.29, 1.82) is 0 Å². The van der Waals surface area contributed by atoms with Crippen LogP contribution in [-0.4, -0.2) is 37.8 Å². The van der Waals surface area contributed by atoms with E-state index in [1.165, 1.54) is 6.20 Å². The van der Waals surface area contributed by atoms with E-state index in [2.05, 4.69) is 5.10 Å². The van der Waals surface area contributed by atoms with Crippen molar-refractivity contribution in [1.82, 2.24) is 9.78 Å². The summed E-state index contributed by atoms with van der Waals surface area (Å²) >= 11 is 0. The summed E-state index contributed by atoms with van der Waals surface area (Å²) in [5.74, 6) is 0. The van der Waals surface area contributed by atoms with Gasteiger partial charge in [0, 0.05) is 18.3 Å². The van der Waals surface area contributed by atoms with Crippen LogP contribution in [0.15, 0.2) is 12.4 Å². The largest absolute Gasteiger partial charge is 0.394 e. The molecule has 5 heteroatoms. The quantitative estimate of drug-likeness (QED) is 0.580. The molecule has 1 aromatic rings. The molecule has 2 unspecified atom stereocenters. The first kappa shape index (κ1) is 10.2. The molecule has 0 bridgehead atoms. The second kappa shape index (κ2) is 4.36. The normalized spacial score (nSPS) is 15.7. The van der Waals surface area contributed by atoms with Gasteiger partial charge in [0.1, 0.15) is 12.2 Å². The number of hydrogen-bond donors (Lipinski definition) is 3. The smallest absolute Gasteiger partial charge is 0.110 e. The third kappa shape index (κ3) is 2.27. The number of nitrogens with zero attached hydrogens (tertiary/aromatic N) is 2. The fraction of sp³-hybridized carbons (Fsp3) is 0.625. The summed E-state index contributed by atoms with van der Waals surface area (Å²) in [6.45, 7) is 2.17. The summed E-state index contributed by atoms with van der Waals surface area (Å²) in [5, 5.41) is 31.1. The minimum Gasteiger partial charge on any atom is -0.394 e. The number of hydrogen-bond acceptors (Lipinski definition) is 4. The summed E-state index contributed by atoms with van der Waals surface area (Å²) in [7, 11) is 0. The molecule has 1 heterocycles. The van der Waals surface area contributed by atoms with E-state index < -0.39 is 18.8 Å². The molecule has 0 spiro atoms. The van der Waals surface area contributed by atoms with E-state index in [1.54, 1.807) is 10.9 Å². The zero-order chi connectivity index (χ0) is 9.84. The van der Waals surface area contributed by atoms with Gasteiger partial charge in [-0.2, -0.15) is 5.10 Å². The Morgan fingerprint density at radius 1 is 1.54 bits per heavy atom. The SMILES string of the molecule is CCn1cc(C(O)C(O)CO)cn1. The van der Waals surface area contributed by atoms with Gasteiger partial charge in [-0.25, -0.2) is 0 Å². The molecule has 0 saturated carbocycles. The van der Waals surface area contributed by atoms with E-state index in [9.17, 15) is 5.11 Å². The maximum atomic E-state index is 9.43. The van der Waals surface area contributed by atoms with Crippen LogP contribution in [0.1, 0.15) is 18.6 Å². The van der Waals surface area contributed by atoms with Crippen LogP contribution >= 0.6 is 0 Å². The van der Waals surface area contributed by atoms with Gasteiger partial charge in [-0.05, 0) is 6.92 Å². The monoisotopic (exact) mass is 186 g/mol. The van der Waals surface area contributed by atoms with Crippen molar-refractivity contribution >= 4 is 0 Å². The molecule has 1 aromatic heterocycles. The van der Waals surface area contributed by atoms with Crippen LogP contribution in [0.5, 0.6) is 0 Å². The Bertz CT molecular complexity index is 262. The number of aliphatic hydroxyl groups excluding tert-OH is 3. The van der Waals surface area contributed by atoms with Crippen molar-refractivity contribution in [3.8, 4) is 0 Å². The van der Waals surface area contributed by atoms with Crippen LogP contribution < -0.4 is 0 Å². The molecule has 2 atom stereocenters. The van der Waals surface area contributed by atoms with Crippen LogP contribution in [-0.2, 0) is 6.54 Å². The van der Waals surface area contributed by atoms with Crippen molar-refractivity contribution in [2.75, 3.05) is 6.61 Å². The minimum atomic E-state index is -1.14. The Kier molecular flexibility index (Phi) is 3.41. The lowest BCUT2D eigenvalue weighted by Crippen LogP contribution is -2.21. The van der Waals surface area contributed by atoms with Crippen molar-refractivity contribution in [2.24, 2.45) is 0 Å². The molecule has 0 aromatic carbocycles. The van der Waals surface area contributed by atoms with Crippen LogP contribution in [0.4, 0.5) is 0 Å². The van der Waals surface area contributed by atoms with E-state index in [1.807, 2.05) is 6.92 Å². The average Bonchev–Trinajstić information content (AvgIpc) is 2.63. The predicted molar refractivity (Wildman–Crippen MR) is 46.0 cm³/mol. The third-order valence-electron chi connectivity index (χ3n) is 1.87. The van der Waals surface area contributed by atoms with Crippen LogP contribution in [0.3, 0.4) is 0 Å². The van der Waals surface area contributed by atoms with Gasteiger partial charge in [-0.3, -0.25) is 4.68 Å². The van der Waals surface area contributed by atoms with Crippen molar-refractivity contribution < 1.29 is 15.3 Å². The number of aryl methyl sites for hydroxylation is 1. The molecule has 3 N–H and O–H groups in total. The first-order valence-corrected chi connectivity index (χ1v) is 4.18. The van der Waals surface area contributed by atoms with Gasteiger partial charge in [0.2, 0.25) is 0 Å². The summed E-state index contributed by atoms with van der Waals surface area (Å²) < 4.78 is 1.64. The number of aliphatic hydroxyl groups is 3. The molecule has 0 fully saturated rings. The standard InChI is InChI=1S/C8H14N2O3/c1-2-10-4-6(3-9-10)8(13)7(12)5-11/h3-4,7-8,11-13H,2,5H2,1H3. The Morgan fingerprint density at radius 2 is 2.23 bits per heavy atom. The summed E-state index contributed by atoms with van der Waals surface area (Å²) in [5.41, 5.74) is 0.517. The summed E-state index contributed by atoms with van der Waals surface area (Å²) in [6, 6.07) is 0. The molecule has 0 saturated heterocycles. The zero-order valence-electron chi connectivity index (χ0n) is 7.46. The van der Waals surface area contributed by atoms with Crippen molar-refractivity contribution in [3.63, 3.8) is 0 Å². The highest BCUT2D eigenvalue weighted by molar-refractivity contribution is 5.09. The Labute approximate surface area is 76.2 Å². The second-order valence-electron chi connectivity index (χ2n) is 2.82. The highest BCUT2D eigenvalue weighted by atomic mass is 16.4. The fourth-order valence-electron chi connectivity index (χ4n) is 1.03.